The van der Waals surface area contributed by atoms with E-state index in [9.17, 15) is 9.90 Å². The number of aliphatic carboxylic acids is 1. The molecule has 122 valence electrons. The fourth-order valence-corrected chi connectivity index (χ4v) is 2.65. The fourth-order valence-electron chi connectivity index (χ4n) is 2.16. The summed E-state index contributed by atoms with van der Waals surface area (Å²) in [5.41, 5.74) is 1.85. The number of carboxylic acid groups (broad SMARTS) is 1. The van der Waals surface area contributed by atoms with Crippen LogP contribution in [0.4, 0.5) is 0 Å². The molecule has 0 amide bonds. The molecule has 5 heteroatoms. The Labute approximate surface area is 145 Å². The average molecular weight is 353 g/mol. The first-order valence-electron chi connectivity index (χ1n) is 7.30. The summed E-state index contributed by atoms with van der Waals surface area (Å²) < 4.78 is 5.61. The van der Waals surface area contributed by atoms with Crippen LogP contribution in [0.5, 0.6) is 5.75 Å². The van der Waals surface area contributed by atoms with E-state index in [0.29, 0.717) is 27.3 Å². The van der Waals surface area contributed by atoms with Crippen molar-refractivity contribution in [1.29, 1.82) is 0 Å². The predicted octanol–water partition coefficient (Wildman–Crippen LogP) is 5.19. The van der Waals surface area contributed by atoms with E-state index in [1.807, 2.05) is 12.1 Å². The van der Waals surface area contributed by atoms with Crippen LogP contribution in [0.25, 0.3) is 0 Å². The SMILES string of the molecule is CC(C)c1ccc(OC(Cc2ccc(Cl)cc2Cl)C(=O)O)cc1. The molecule has 3 nitrogen and oxygen atoms in total. The maximum atomic E-state index is 11.5. The van der Waals surface area contributed by atoms with Crippen molar-refractivity contribution in [2.45, 2.75) is 32.3 Å². The van der Waals surface area contributed by atoms with Gasteiger partial charge in [0.2, 0.25) is 0 Å². The van der Waals surface area contributed by atoms with Crippen LogP contribution in [-0.4, -0.2) is 17.2 Å². The molecule has 1 unspecified atom stereocenters. The second kappa shape index (κ2) is 7.71. The molecule has 0 aliphatic carbocycles. The highest BCUT2D eigenvalue weighted by atomic mass is 35.5. The number of hydrogen-bond donors (Lipinski definition) is 1. The maximum absolute atomic E-state index is 11.5. The molecule has 0 radical (unpaired) electrons. The first-order valence-corrected chi connectivity index (χ1v) is 8.05. The molecule has 2 aromatic rings. The highest BCUT2D eigenvalue weighted by molar-refractivity contribution is 6.35. The molecule has 1 atom stereocenters. The third kappa shape index (κ3) is 4.88. The molecule has 0 fully saturated rings. The summed E-state index contributed by atoms with van der Waals surface area (Å²) in [6.45, 7) is 4.19. The molecule has 0 saturated carbocycles. The van der Waals surface area contributed by atoms with Crippen molar-refractivity contribution in [1.82, 2.24) is 0 Å². The van der Waals surface area contributed by atoms with Gasteiger partial charge in [-0.25, -0.2) is 4.79 Å². The average Bonchev–Trinajstić information content (AvgIpc) is 2.49. The molecule has 1 N–H and O–H groups in total. The number of halogens is 2. The third-order valence-electron chi connectivity index (χ3n) is 3.52. The minimum Gasteiger partial charge on any atom is -0.478 e. The molecular weight excluding hydrogens is 335 g/mol. The van der Waals surface area contributed by atoms with Crippen LogP contribution in [0.1, 0.15) is 30.9 Å². The van der Waals surface area contributed by atoms with E-state index in [1.165, 1.54) is 5.56 Å². The van der Waals surface area contributed by atoms with Gasteiger partial charge in [-0.15, -0.1) is 0 Å². The molecule has 2 rings (SSSR count). The van der Waals surface area contributed by atoms with Crippen molar-refractivity contribution in [3.05, 3.63) is 63.6 Å². The van der Waals surface area contributed by atoms with E-state index < -0.39 is 12.1 Å². The Morgan fingerprint density at radius 3 is 2.30 bits per heavy atom. The van der Waals surface area contributed by atoms with Crippen LogP contribution in [-0.2, 0) is 11.2 Å². The first-order chi connectivity index (χ1) is 10.9. The molecule has 0 aromatic heterocycles. The van der Waals surface area contributed by atoms with E-state index >= 15 is 0 Å². The second-order valence-corrected chi connectivity index (χ2v) is 6.45. The summed E-state index contributed by atoms with van der Waals surface area (Å²) >= 11 is 12.0. The van der Waals surface area contributed by atoms with Crippen LogP contribution >= 0.6 is 23.2 Å². The number of carbonyl (C=O) groups is 1. The van der Waals surface area contributed by atoms with Gasteiger partial charge in [-0.2, -0.15) is 0 Å². The molecule has 0 aliphatic rings. The zero-order valence-electron chi connectivity index (χ0n) is 12.9. The lowest BCUT2D eigenvalue weighted by Gasteiger charge is -2.16. The van der Waals surface area contributed by atoms with Crippen molar-refractivity contribution in [3.8, 4) is 5.75 Å². The van der Waals surface area contributed by atoms with Crippen LogP contribution in [0, 0.1) is 0 Å². The number of hydrogen-bond acceptors (Lipinski definition) is 2. The van der Waals surface area contributed by atoms with Gasteiger partial charge in [0, 0.05) is 16.5 Å². The van der Waals surface area contributed by atoms with E-state index in [0.717, 1.165) is 0 Å². The topological polar surface area (TPSA) is 46.5 Å². The van der Waals surface area contributed by atoms with Gasteiger partial charge in [0.1, 0.15) is 5.75 Å². The fraction of sp³-hybridized carbons (Fsp3) is 0.278. The lowest BCUT2D eigenvalue weighted by molar-refractivity contribution is -0.145. The van der Waals surface area contributed by atoms with Gasteiger partial charge >= 0.3 is 5.97 Å². The summed E-state index contributed by atoms with van der Waals surface area (Å²) in [5, 5.41) is 10.3. The standard InChI is InChI=1S/C18H18Cl2O3/c1-11(2)12-4-7-15(8-5-12)23-17(18(21)22)9-13-3-6-14(19)10-16(13)20/h3-8,10-11,17H,9H2,1-2H3,(H,21,22). The molecule has 0 saturated heterocycles. The maximum Gasteiger partial charge on any atom is 0.345 e. The molecule has 0 heterocycles. The van der Waals surface area contributed by atoms with Gasteiger partial charge in [0.25, 0.3) is 0 Å². The van der Waals surface area contributed by atoms with Crippen molar-refractivity contribution >= 4 is 29.2 Å². The van der Waals surface area contributed by atoms with Crippen molar-refractivity contribution in [3.63, 3.8) is 0 Å². The number of ether oxygens (including phenoxy) is 1. The molecule has 0 bridgehead atoms. The molecular formula is C18H18Cl2O3. The highest BCUT2D eigenvalue weighted by Gasteiger charge is 2.21. The predicted molar refractivity (Wildman–Crippen MR) is 92.7 cm³/mol. The summed E-state index contributed by atoms with van der Waals surface area (Å²) in [7, 11) is 0. The molecule has 0 aliphatic heterocycles. The first kappa shape index (κ1) is 17.6. The van der Waals surface area contributed by atoms with Crippen molar-refractivity contribution in [2.75, 3.05) is 0 Å². The Kier molecular flexibility index (Phi) is 5.91. The monoisotopic (exact) mass is 352 g/mol. The van der Waals surface area contributed by atoms with Crippen LogP contribution in [0.15, 0.2) is 42.5 Å². The van der Waals surface area contributed by atoms with Crippen LogP contribution in [0.2, 0.25) is 10.0 Å². The Hall–Kier alpha value is -1.71. The lowest BCUT2D eigenvalue weighted by atomic mass is 10.0. The second-order valence-electron chi connectivity index (χ2n) is 5.61. The highest BCUT2D eigenvalue weighted by Crippen LogP contribution is 2.24. The summed E-state index contributed by atoms with van der Waals surface area (Å²) in [6.07, 6.45) is -0.851. The number of carboxylic acids is 1. The Bertz CT molecular complexity index is 681. The molecule has 2 aromatic carbocycles. The zero-order chi connectivity index (χ0) is 17.0. The smallest absolute Gasteiger partial charge is 0.345 e. The van der Waals surface area contributed by atoms with Gasteiger partial charge in [0.05, 0.1) is 0 Å². The van der Waals surface area contributed by atoms with Crippen molar-refractivity contribution < 1.29 is 14.6 Å². The van der Waals surface area contributed by atoms with Gasteiger partial charge in [-0.3, -0.25) is 0 Å². The normalized spacial score (nSPS) is 12.2. The van der Waals surface area contributed by atoms with Gasteiger partial charge in [0.15, 0.2) is 6.10 Å². The number of rotatable bonds is 6. The Morgan fingerprint density at radius 1 is 1.13 bits per heavy atom. The van der Waals surface area contributed by atoms with E-state index in [1.54, 1.807) is 30.3 Å². The van der Waals surface area contributed by atoms with E-state index in [4.69, 9.17) is 27.9 Å². The summed E-state index contributed by atoms with van der Waals surface area (Å²) in [6, 6.07) is 12.4. The largest absolute Gasteiger partial charge is 0.478 e. The van der Waals surface area contributed by atoms with Gasteiger partial charge in [-0.05, 0) is 41.3 Å². The summed E-state index contributed by atoms with van der Waals surface area (Å²) in [5.74, 6) is -0.108. The zero-order valence-corrected chi connectivity index (χ0v) is 14.4. The Morgan fingerprint density at radius 2 is 1.78 bits per heavy atom. The Balaban J connectivity index is 2.14. The summed E-state index contributed by atoms with van der Waals surface area (Å²) in [4.78, 5) is 11.5. The minimum absolute atomic E-state index is 0.164. The van der Waals surface area contributed by atoms with Crippen LogP contribution in [0.3, 0.4) is 0 Å². The van der Waals surface area contributed by atoms with E-state index in [-0.39, 0.29) is 6.42 Å². The van der Waals surface area contributed by atoms with Gasteiger partial charge in [-0.1, -0.05) is 55.2 Å². The minimum atomic E-state index is -1.04. The molecule has 0 spiro atoms. The molecule has 23 heavy (non-hydrogen) atoms. The van der Waals surface area contributed by atoms with Crippen LogP contribution < -0.4 is 4.74 Å². The quantitative estimate of drug-likeness (QED) is 0.777. The van der Waals surface area contributed by atoms with Gasteiger partial charge < -0.3 is 9.84 Å². The third-order valence-corrected chi connectivity index (χ3v) is 4.11. The number of benzene rings is 2. The van der Waals surface area contributed by atoms with Crippen molar-refractivity contribution in [2.24, 2.45) is 0 Å². The lowest BCUT2D eigenvalue weighted by Crippen LogP contribution is -2.29. The van der Waals surface area contributed by atoms with E-state index in [2.05, 4.69) is 13.8 Å².